The van der Waals surface area contributed by atoms with Crippen LogP contribution in [-0.4, -0.2) is 20.3 Å². The Balaban J connectivity index is 2.20. The van der Waals surface area contributed by atoms with Crippen LogP contribution >= 0.6 is 0 Å². The van der Waals surface area contributed by atoms with Crippen LogP contribution in [0.25, 0.3) is 21.9 Å². The minimum absolute atomic E-state index is 0.658. The van der Waals surface area contributed by atoms with Crippen LogP contribution in [0.15, 0.2) is 48.5 Å². The highest BCUT2D eigenvalue weighted by Crippen LogP contribution is 2.35. The zero-order chi connectivity index (χ0) is 16.9. The molecule has 4 nitrogen and oxygen atoms in total. The molecule has 124 valence electrons. The molecule has 1 aromatic heterocycles. The Bertz CT molecular complexity index is 832. The molecule has 0 aliphatic carbocycles. The first-order valence-corrected chi connectivity index (χ1v) is 8.25. The van der Waals surface area contributed by atoms with E-state index >= 15 is 0 Å². The van der Waals surface area contributed by atoms with Crippen molar-refractivity contribution in [3.05, 3.63) is 54.2 Å². The fourth-order valence-electron chi connectivity index (χ4n) is 2.92. The minimum Gasteiger partial charge on any atom is -0.497 e. The second-order valence-electron chi connectivity index (χ2n) is 5.79. The van der Waals surface area contributed by atoms with Gasteiger partial charge in [0.2, 0.25) is 0 Å². The van der Waals surface area contributed by atoms with E-state index in [1.807, 2.05) is 12.1 Å². The van der Waals surface area contributed by atoms with Crippen LogP contribution in [0.4, 0.5) is 0 Å². The fourth-order valence-corrected chi connectivity index (χ4v) is 2.92. The molecule has 4 N–H and O–H groups in total. The lowest BCUT2D eigenvalue weighted by Gasteiger charge is -2.11. The van der Waals surface area contributed by atoms with Gasteiger partial charge in [-0.25, -0.2) is 0 Å². The number of pyridine rings is 1. The highest BCUT2D eigenvalue weighted by molar-refractivity contribution is 5.99. The average molecular weight is 324 g/mol. The van der Waals surface area contributed by atoms with Crippen molar-refractivity contribution in [2.45, 2.75) is 13.3 Å². The summed E-state index contributed by atoms with van der Waals surface area (Å²) in [6, 6.07) is 16.5. The largest absolute Gasteiger partial charge is 0.497 e. The first kappa shape index (κ1) is 16.3. The molecule has 0 aliphatic rings. The van der Waals surface area contributed by atoms with Crippen molar-refractivity contribution in [3.63, 3.8) is 0 Å². The molecular weight excluding hydrogens is 300 g/mol. The third-order valence-corrected chi connectivity index (χ3v) is 4.12. The number of hydrogen-bond acceptors (Lipinski definition) is 2. The van der Waals surface area contributed by atoms with Crippen LogP contribution in [0.5, 0.6) is 11.6 Å². The van der Waals surface area contributed by atoms with E-state index in [9.17, 15) is 0 Å². The van der Waals surface area contributed by atoms with E-state index in [4.69, 9.17) is 9.47 Å². The second kappa shape index (κ2) is 7.32. The maximum atomic E-state index is 5.97. The number of nitrogens with one attached hydrogen (secondary N) is 1. The van der Waals surface area contributed by atoms with E-state index in [1.54, 1.807) is 7.11 Å². The lowest BCUT2D eigenvalue weighted by Crippen LogP contribution is -2.50. The highest BCUT2D eigenvalue weighted by atomic mass is 16.5. The molecule has 0 bridgehead atoms. The predicted octanol–water partition coefficient (Wildman–Crippen LogP) is 2.65. The molecule has 3 aromatic rings. The van der Waals surface area contributed by atoms with E-state index in [2.05, 4.69) is 54.0 Å². The number of quaternary nitrogens is 1. The summed E-state index contributed by atoms with van der Waals surface area (Å²) < 4.78 is 11.4. The van der Waals surface area contributed by atoms with E-state index in [0.717, 1.165) is 41.1 Å². The number of hydrogen-bond donors (Lipinski definition) is 1. The SMILES string of the molecule is COc1ccc2c(OCCC[NH3+])[nH+]c(C)c(-c3ccccc3)c2c1. The van der Waals surface area contributed by atoms with Crippen molar-refractivity contribution in [1.82, 2.24) is 0 Å². The van der Waals surface area contributed by atoms with Gasteiger partial charge >= 0.3 is 5.88 Å². The average Bonchev–Trinajstić information content (AvgIpc) is 2.62. The number of aromatic nitrogens is 1. The molecular formula is C20H24N2O2+2. The van der Waals surface area contributed by atoms with E-state index in [0.29, 0.717) is 6.61 Å². The topological polar surface area (TPSA) is 60.2 Å². The van der Waals surface area contributed by atoms with Gasteiger partial charge in [0.25, 0.3) is 0 Å². The Hall–Kier alpha value is -2.59. The molecule has 0 radical (unpaired) electrons. The molecule has 2 aromatic carbocycles. The zero-order valence-electron chi connectivity index (χ0n) is 14.3. The number of ether oxygens (including phenoxy) is 2. The Kier molecular flexibility index (Phi) is 4.96. The van der Waals surface area contributed by atoms with Gasteiger partial charge in [-0.1, -0.05) is 30.3 Å². The number of aromatic amines is 1. The van der Waals surface area contributed by atoms with Gasteiger partial charge in [-0.2, -0.15) is 4.98 Å². The van der Waals surface area contributed by atoms with Gasteiger partial charge in [0.15, 0.2) is 5.69 Å². The molecule has 0 spiro atoms. The summed E-state index contributed by atoms with van der Waals surface area (Å²) in [6.45, 7) is 3.60. The summed E-state index contributed by atoms with van der Waals surface area (Å²) in [5.41, 5.74) is 7.29. The Morgan fingerprint density at radius 3 is 2.54 bits per heavy atom. The van der Waals surface area contributed by atoms with Gasteiger partial charge in [-0.15, -0.1) is 0 Å². The van der Waals surface area contributed by atoms with Crippen molar-refractivity contribution in [2.75, 3.05) is 20.3 Å². The van der Waals surface area contributed by atoms with Crippen molar-refractivity contribution in [1.29, 1.82) is 0 Å². The fraction of sp³-hybridized carbons (Fsp3) is 0.250. The van der Waals surface area contributed by atoms with Crippen LogP contribution in [-0.2, 0) is 0 Å². The maximum absolute atomic E-state index is 5.97. The van der Waals surface area contributed by atoms with Crippen molar-refractivity contribution >= 4 is 10.8 Å². The first-order chi connectivity index (χ1) is 11.7. The molecule has 1 heterocycles. The number of benzene rings is 2. The molecule has 24 heavy (non-hydrogen) atoms. The number of H-pyrrole nitrogens is 1. The molecule has 0 amide bonds. The maximum Gasteiger partial charge on any atom is 0.374 e. The van der Waals surface area contributed by atoms with Crippen molar-refractivity contribution in [2.24, 2.45) is 0 Å². The summed E-state index contributed by atoms with van der Waals surface area (Å²) in [7, 11) is 1.69. The molecule has 3 rings (SSSR count). The Morgan fingerprint density at radius 2 is 1.83 bits per heavy atom. The third kappa shape index (κ3) is 3.19. The molecule has 0 aliphatic heterocycles. The lowest BCUT2D eigenvalue weighted by atomic mass is 9.97. The van der Waals surface area contributed by atoms with Crippen LogP contribution in [0.2, 0.25) is 0 Å². The monoisotopic (exact) mass is 324 g/mol. The van der Waals surface area contributed by atoms with Crippen LogP contribution in [0.3, 0.4) is 0 Å². The molecule has 4 heteroatoms. The summed E-state index contributed by atoms with van der Waals surface area (Å²) in [5.74, 6) is 1.65. The van der Waals surface area contributed by atoms with Gasteiger partial charge in [0.05, 0.1) is 31.2 Å². The minimum atomic E-state index is 0.658. The Morgan fingerprint density at radius 1 is 1.04 bits per heavy atom. The van der Waals surface area contributed by atoms with E-state index in [1.165, 1.54) is 11.1 Å². The zero-order valence-corrected chi connectivity index (χ0v) is 14.3. The predicted molar refractivity (Wildman–Crippen MR) is 95.1 cm³/mol. The smallest absolute Gasteiger partial charge is 0.374 e. The summed E-state index contributed by atoms with van der Waals surface area (Å²) in [4.78, 5) is 3.43. The molecule has 0 unspecified atom stereocenters. The number of fused-ring (bicyclic) bond motifs is 1. The van der Waals surface area contributed by atoms with Crippen LogP contribution in [0, 0.1) is 6.92 Å². The van der Waals surface area contributed by atoms with Crippen molar-refractivity contribution < 1.29 is 20.2 Å². The van der Waals surface area contributed by atoms with Crippen LogP contribution in [0.1, 0.15) is 12.1 Å². The molecule has 0 fully saturated rings. The van der Waals surface area contributed by atoms with Gasteiger partial charge in [-0.05, 0) is 23.8 Å². The van der Waals surface area contributed by atoms with E-state index < -0.39 is 0 Å². The molecule has 0 saturated heterocycles. The van der Waals surface area contributed by atoms with Gasteiger partial charge in [0.1, 0.15) is 5.75 Å². The van der Waals surface area contributed by atoms with Crippen molar-refractivity contribution in [3.8, 4) is 22.8 Å². The second-order valence-corrected chi connectivity index (χ2v) is 5.79. The molecule has 0 saturated carbocycles. The standard InChI is InChI=1S/C20H22N2O2/c1-14-19(15-7-4-3-5-8-15)18-13-16(23-2)9-10-17(18)20(22-14)24-12-6-11-21/h3-5,7-10,13H,6,11-12,21H2,1-2H3/p+2. The summed E-state index contributed by atoms with van der Waals surface area (Å²) in [5, 5.41) is 2.19. The third-order valence-electron chi connectivity index (χ3n) is 4.12. The normalized spacial score (nSPS) is 10.8. The van der Waals surface area contributed by atoms with Gasteiger partial charge in [-0.3, -0.25) is 0 Å². The van der Waals surface area contributed by atoms with Crippen LogP contribution < -0.4 is 20.2 Å². The highest BCUT2D eigenvalue weighted by Gasteiger charge is 2.20. The number of methoxy groups -OCH3 is 1. The van der Waals surface area contributed by atoms with Gasteiger partial charge in [0, 0.05) is 18.7 Å². The van der Waals surface area contributed by atoms with Gasteiger partial charge < -0.3 is 15.2 Å². The quantitative estimate of drug-likeness (QED) is 0.709. The first-order valence-electron chi connectivity index (χ1n) is 8.25. The Labute approximate surface area is 142 Å². The molecule has 0 atom stereocenters. The summed E-state index contributed by atoms with van der Waals surface area (Å²) in [6.07, 6.45) is 0.935. The lowest BCUT2D eigenvalue weighted by molar-refractivity contribution is -0.401. The number of aryl methyl sites for hydroxylation is 1. The van der Waals surface area contributed by atoms with E-state index in [-0.39, 0.29) is 0 Å². The number of rotatable bonds is 6. The summed E-state index contributed by atoms with van der Waals surface area (Å²) >= 11 is 0.